The summed E-state index contributed by atoms with van der Waals surface area (Å²) in [6.45, 7) is 4.17. The minimum absolute atomic E-state index is 0.0869. The Morgan fingerprint density at radius 1 is 1.18 bits per heavy atom. The number of carbonyl (C=O) groups excluding carboxylic acids is 1. The van der Waals surface area contributed by atoms with E-state index in [1.165, 1.54) is 6.92 Å². The number of dihydropyridines is 1. The van der Waals surface area contributed by atoms with Crippen LogP contribution in [-0.4, -0.2) is 99.2 Å². The molecule has 2 saturated heterocycles. The van der Waals surface area contributed by atoms with Gasteiger partial charge in [-0.1, -0.05) is 24.6 Å². The summed E-state index contributed by atoms with van der Waals surface area (Å²) in [4.78, 5) is 46.1. The standard InChI is InChI=1S/C23H34N4O6.C5H7N/c1-14-22(21(32)33)12-27(17(19(29)30)9-4-6-10-24)13-23(15(2)28,20(22)31)18(26(14)3)16-8-5-7-11-25-16;1-2-4-6-5-3-1/h5,7-8,11,14,17-18,20,31H,4,6,9-10,12-13,24H2,1-3H3,(H,29,30)(H,32,33);1-4,6H,5H2/t14-,17?,18+,20-,22?,23?;/m0./s1. The summed E-state index contributed by atoms with van der Waals surface area (Å²) in [7, 11) is 1.73. The lowest BCUT2D eigenvalue weighted by molar-refractivity contribution is -0.238. The van der Waals surface area contributed by atoms with Gasteiger partial charge in [-0.2, -0.15) is 0 Å². The Morgan fingerprint density at radius 2 is 1.90 bits per heavy atom. The average molecular weight is 544 g/mol. The molecule has 2 fully saturated rings. The van der Waals surface area contributed by atoms with Crippen LogP contribution in [0.25, 0.3) is 0 Å². The molecule has 11 nitrogen and oxygen atoms in total. The zero-order chi connectivity index (χ0) is 28.8. The lowest BCUT2D eigenvalue weighted by Crippen LogP contribution is -2.79. The maximum atomic E-state index is 13.3. The minimum atomic E-state index is -1.76. The van der Waals surface area contributed by atoms with E-state index >= 15 is 0 Å². The number of carboxylic acids is 2. The number of pyridine rings is 1. The molecular formula is C28H41N5O6. The number of carboxylic acid groups (broad SMARTS) is 2. The highest BCUT2D eigenvalue weighted by Gasteiger charge is 2.72. The Hall–Kier alpha value is -3.12. The number of piperidine rings is 2. The van der Waals surface area contributed by atoms with Gasteiger partial charge in [-0.3, -0.25) is 29.2 Å². The Kier molecular flexibility index (Phi) is 10.0. The van der Waals surface area contributed by atoms with E-state index < -0.39 is 52.8 Å². The Balaban J connectivity index is 0.000000617. The van der Waals surface area contributed by atoms with Gasteiger partial charge in [-0.15, -0.1) is 0 Å². The number of aliphatic hydroxyl groups excluding tert-OH is 1. The van der Waals surface area contributed by atoms with Gasteiger partial charge in [0.2, 0.25) is 0 Å². The minimum Gasteiger partial charge on any atom is -0.481 e. The third-order valence-corrected chi connectivity index (χ3v) is 8.53. The number of nitrogens with one attached hydrogen (secondary N) is 1. The van der Waals surface area contributed by atoms with Crippen LogP contribution in [0.5, 0.6) is 0 Å². The maximum absolute atomic E-state index is 13.3. The first-order valence-electron chi connectivity index (χ1n) is 13.3. The SMILES string of the molecule is C1=CCNC=C1.CC(=O)C12CN(C(CCCCN)C(=O)O)CC(C(=O)O)([C@@H]1O)[C@H](C)N(C)[C@@H]2c1ccccn1. The van der Waals surface area contributed by atoms with Crippen LogP contribution in [0.15, 0.2) is 48.8 Å². The van der Waals surface area contributed by atoms with Gasteiger partial charge in [-0.25, -0.2) is 0 Å². The van der Waals surface area contributed by atoms with Crippen LogP contribution in [0.1, 0.15) is 44.8 Å². The zero-order valence-corrected chi connectivity index (χ0v) is 22.9. The predicted octanol–water partition coefficient (Wildman–Crippen LogP) is 1.02. The molecular weight excluding hydrogens is 502 g/mol. The molecule has 4 rings (SSSR count). The number of rotatable bonds is 9. The molecule has 3 unspecified atom stereocenters. The second kappa shape index (κ2) is 12.8. The summed E-state index contributed by atoms with van der Waals surface area (Å²) in [5.41, 5.74) is 2.76. The van der Waals surface area contributed by atoms with E-state index in [2.05, 4.69) is 16.4 Å². The van der Waals surface area contributed by atoms with Crippen molar-refractivity contribution in [1.29, 1.82) is 0 Å². The molecule has 0 amide bonds. The molecule has 39 heavy (non-hydrogen) atoms. The van der Waals surface area contributed by atoms with Gasteiger partial charge in [-0.05, 0) is 64.7 Å². The number of ketones is 1. The van der Waals surface area contributed by atoms with Gasteiger partial charge in [0.15, 0.2) is 0 Å². The Labute approximate surface area is 229 Å². The van der Waals surface area contributed by atoms with E-state index in [9.17, 15) is 29.7 Å². The maximum Gasteiger partial charge on any atom is 0.320 e. The first-order valence-corrected chi connectivity index (χ1v) is 13.3. The number of fused-ring (bicyclic) bond motifs is 2. The monoisotopic (exact) mass is 543 g/mol. The van der Waals surface area contributed by atoms with Crippen LogP contribution in [0.2, 0.25) is 0 Å². The lowest BCUT2D eigenvalue weighted by atomic mass is 9.53. The highest BCUT2D eigenvalue weighted by atomic mass is 16.4. The fourth-order valence-corrected chi connectivity index (χ4v) is 6.35. The van der Waals surface area contributed by atoms with Crippen LogP contribution in [-0.2, 0) is 14.4 Å². The largest absolute Gasteiger partial charge is 0.481 e. The summed E-state index contributed by atoms with van der Waals surface area (Å²) in [6.07, 6.45) is 9.52. The summed E-state index contributed by atoms with van der Waals surface area (Å²) in [5, 5.41) is 35.1. The van der Waals surface area contributed by atoms with Crippen LogP contribution in [0.4, 0.5) is 0 Å². The smallest absolute Gasteiger partial charge is 0.320 e. The van der Waals surface area contributed by atoms with Crippen molar-refractivity contribution >= 4 is 17.7 Å². The molecule has 3 aliphatic heterocycles. The van der Waals surface area contributed by atoms with Gasteiger partial charge in [0, 0.05) is 31.9 Å². The summed E-state index contributed by atoms with van der Waals surface area (Å²) >= 11 is 0. The first kappa shape index (κ1) is 30.4. The third-order valence-electron chi connectivity index (χ3n) is 8.53. The number of hydrogen-bond acceptors (Lipinski definition) is 9. The molecule has 0 aromatic carbocycles. The van der Waals surface area contributed by atoms with E-state index in [1.54, 1.807) is 48.2 Å². The van der Waals surface area contributed by atoms with Crippen molar-refractivity contribution in [1.82, 2.24) is 20.1 Å². The molecule has 1 aromatic rings. The number of aliphatic carboxylic acids is 2. The molecule has 6 N–H and O–H groups in total. The van der Waals surface area contributed by atoms with Crippen molar-refractivity contribution in [3.63, 3.8) is 0 Å². The van der Waals surface area contributed by atoms with E-state index in [0.29, 0.717) is 25.1 Å². The fourth-order valence-electron chi connectivity index (χ4n) is 6.35. The van der Waals surface area contributed by atoms with Gasteiger partial charge < -0.3 is 26.4 Å². The number of Topliss-reactive ketones (excluding diaryl/α,β-unsaturated/α-hetero) is 1. The van der Waals surface area contributed by atoms with Gasteiger partial charge in [0.1, 0.15) is 17.2 Å². The first-order chi connectivity index (χ1) is 18.6. The van der Waals surface area contributed by atoms with Crippen molar-refractivity contribution in [2.24, 2.45) is 16.6 Å². The van der Waals surface area contributed by atoms with Gasteiger partial charge >= 0.3 is 11.9 Å². The average Bonchev–Trinajstić information content (AvgIpc) is 2.92. The summed E-state index contributed by atoms with van der Waals surface area (Å²) in [6, 6.07) is 2.82. The van der Waals surface area contributed by atoms with E-state index in [0.717, 1.165) is 6.54 Å². The molecule has 0 saturated carbocycles. The normalized spacial score (nSPS) is 30.9. The number of hydrogen-bond donors (Lipinski definition) is 5. The molecule has 2 bridgehead atoms. The highest BCUT2D eigenvalue weighted by molar-refractivity contribution is 5.88. The van der Waals surface area contributed by atoms with Crippen LogP contribution < -0.4 is 11.1 Å². The molecule has 0 radical (unpaired) electrons. The number of unbranched alkanes of at least 4 members (excludes halogenated alkanes) is 1. The zero-order valence-electron chi connectivity index (χ0n) is 22.9. The molecule has 6 atom stereocenters. The second-order valence-electron chi connectivity index (χ2n) is 10.6. The van der Waals surface area contributed by atoms with Crippen LogP contribution in [0, 0.1) is 10.8 Å². The third kappa shape index (κ3) is 5.62. The predicted molar refractivity (Wildman–Crippen MR) is 146 cm³/mol. The molecule has 4 heterocycles. The second-order valence-corrected chi connectivity index (χ2v) is 10.6. The summed E-state index contributed by atoms with van der Waals surface area (Å²) < 4.78 is 0. The molecule has 11 heteroatoms. The van der Waals surface area contributed by atoms with Gasteiger partial charge in [0.25, 0.3) is 0 Å². The molecule has 214 valence electrons. The number of nitrogens with two attached hydrogens (primary N) is 1. The quantitative estimate of drug-likeness (QED) is 0.282. The van der Waals surface area contributed by atoms with Crippen molar-refractivity contribution < 1.29 is 29.7 Å². The lowest BCUT2D eigenvalue weighted by Gasteiger charge is -2.65. The van der Waals surface area contributed by atoms with Crippen molar-refractivity contribution in [3.05, 3.63) is 54.5 Å². The molecule has 0 spiro atoms. The van der Waals surface area contributed by atoms with Crippen molar-refractivity contribution in [3.8, 4) is 0 Å². The molecule has 1 aromatic heterocycles. The molecule has 0 aliphatic carbocycles. The number of likely N-dealkylation sites (tertiary alicyclic amines) is 2. The van der Waals surface area contributed by atoms with Crippen molar-refractivity contribution in [2.75, 3.05) is 33.2 Å². The topological polar surface area (TPSA) is 169 Å². The molecule has 3 aliphatic rings. The van der Waals surface area contributed by atoms with E-state index in [-0.39, 0.29) is 19.5 Å². The highest BCUT2D eigenvalue weighted by Crippen LogP contribution is 2.58. The number of aliphatic hydroxyl groups is 1. The van der Waals surface area contributed by atoms with E-state index in [1.807, 2.05) is 18.4 Å². The number of aromatic nitrogens is 1. The number of nitrogens with zero attached hydrogens (tertiary/aromatic N) is 3. The van der Waals surface area contributed by atoms with Crippen LogP contribution >= 0.6 is 0 Å². The number of allylic oxidation sites excluding steroid dienone is 2. The van der Waals surface area contributed by atoms with Gasteiger partial charge in [0.05, 0.1) is 23.3 Å². The van der Waals surface area contributed by atoms with Crippen molar-refractivity contribution in [2.45, 2.75) is 57.3 Å². The Morgan fingerprint density at radius 3 is 2.36 bits per heavy atom. The van der Waals surface area contributed by atoms with E-state index in [4.69, 9.17) is 5.73 Å². The Bertz CT molecular complexity index is 1070. The summed E-state index contributed by atoms with van der Waals surface area (Å²) in [5.74, 6) is -2.74. The fraction of sp³-hybridized carbons (Fsp3) is 0.571. The van der Waals surface area contributed by atoms with Crippen LogP contribution in [0.3, 0.4) is 0 Å². The number of carbonyl (C=O) groups is 3.